The number of carbonyl (C=O) groups is 2. The summed E-state index contributed by atoms with van der Waals surface area (Å²) in [6.45, 7) is 5.46. The van der Waals surface area contributed by atoms with E-state index in [2.05, 4.69) is 0 Å². The molecule has 1 atom stereocenters. The van der Waals surface area contributed by atoms with E-state index in [0.717, 1.165) is 11.1 Å². The number of esters is 2. The number of hydrogen-bond acceptors (Lipinski definition) is 4. The fourth-order valence-electron chi connectivity index (χ4n) is 3.33. The molecule has 2 aromatic rings. The van der Waals surface area contributed by atoms with Crippen LogP contribution in [-0.2, 0) is 26.2 Å². The highest BCUT2D eigenvalue weighted by Crippen LogP contribution is 2.44. The van der Waals surface area contributed by atoms with Gasteiger partial charge in [-0.3, -0.25) is 4.79 Å². The van der Waals surface area contributed by atoms with Gasteiger partial charge in [0.05, 0.1) is 0 Å². The molecule has 0 aliphatic carbocycles. The summed E-state index contributed by atoms with van der Waals surface area (Å²) < 4.78 is 10.9. The predicted molar refractivity (Wildman–Crippen MR) is 104 cm³/mol. The molecule has 0 saturated heterocycles. The van der Waals surface area contributed by atoms with Gasteiger partial charge < -0.3 is 9.47 Å². The number of benzene rings is 2. The van der Waals surface area contributed by atoms with E-state index in [9.17, 15) is 9.59 Å². The molecule has 27 heavy (non-hydrogen) atoms. The first-order valence-electron chi connectivity index (χ1n) is 9.05. The Labute approximate surface area is 159 Å². The Kier molecular flexibility index (Phi) is 5.17. The molecule has 0 aromatic heterocycles. The Bertz CT molecular complexity index is 861. The quantitative estimate of drug-likeness (QED) is 0.449. The SMILES string of the molecule is CC(C)(C)OC(=O)/C=C/CC1(Cc2ccccc2)C(=O)Oc2ccccc21. The minimum absolute atomic E-state index is 0.290. The zero-order valence-corrected chi connectivity index (χ0v) is 15.9. The average molecular weight is 364 g/mol. The van der Waals surface area contributed by atoms with Crippen molar-refractivity contribution in [3.8, 4) is 5.75 Å². The molecule has 0 radical (unpaired) electrons. The molecule has 0 saturated carbocycles. The standard InChI is InChI=1S/C23H24O4/c1-22(2,3)27-20(24)14-9-15-23(16-17-10-5-4-6-11-17)18-12-7-8-13-19(18)26-21(23)25/h4-14H,15-16H2,1-3H3/b14-9+. The number of rotatable bonds is 5. The molecule has 0 amide bonds. The van der Waals surface area contributed by atoms with E-state index in [1.807, 2.05) is 69.3 Å². The minimum atomic E-state index is -0.851. The summed E-state index contributed by atoms with van der Waals surface area (Å²) in [5, 5.41) is 0. The molecule has 140 valence electrons. The van der Waals surface area contributed by atoms with Crippen LogP contribution >= 0.6 is 0 Å². The first-order chi connectivity index (χ1) is 12.8. The summed E-state index contributed by atoms with van der Waals surface area (Å²) in [4.78, 5) is 24.9. The van der Waals surface area contributed by atoms with Crippen LogP contribution in [0, 0.1) is 0 Å². The molecule has 0 N–H and O–H groups in total. The molecule has 4 heteroatoms. The van der Waals surface area contributed by atoms with Crippen molar-refractivity contribution in [1.82, 2.24) is 0 Å². The van der Waals surface area contributed by atoms with Gasteiger partial charge in [0, 0.05) is 11.6 Å². The Balaban J connectivity index is 1.90. The van der Waals surface area contributed by atoms with Crippen molar-refractivity contribution in [3.63, 3.8) is 0 Å². The summed E-state index contributed by atoms with van der Waals surface area (Å²) in [5.41, 5.74) is 0.489. The summed E-state index contributed by atoms with van der Waals surface area (Å²) >= 11 is 0. The van der Waals surface area contributed by atoms with Gasteiger partial charge in [0.2, 0.25) is 0 Å². The highest BCUT2D eigenvalue weighted by molar-refractivity contribution is 5.91. The fourth-order valence-corrected chi connectivity index (χ4v) is 3.33. The van der Waals surface area contributed by atoms with Gasteiger partial charge in [0.15, 0.2) is 0 Å². The van der Waals surface area contributed by atoms with E-state index in [1.54, 1.807) is 12.1 Å². The fraction of sp³-hybridized carbons (Fsp3) is 0.304. The molecule has 1 unspecified atom stereocenters. The minimum Gasteiger partial charge on any atom is -0.457 e. The molecule has 1 aliphatic heterocycles. The highest BCUT2D eigenvalue weighted by atomic mass is 16.6. The van der Waals surface area contributed by atoms with Crippen LogP contribution in [0.25, 0.3) is 0 Å². The van der Waals surface area contributed by atoms with Crippen LogP contribution in [-0.4, -0.2) is 17.5 Å². The lowest BCUT2D eigenvalue weighted by molar-refractivity contribution is -0.148. The number of ether oxygens (including phenoxy) is 2. The Hall–Kier alpha value is -2.88. The number of allylic oxidation sites excluding steroid dienone is 1. The summed E-state index contributed by atoms with van der Waals surface area (Å²) in [5.74, 6) is -0.123. The van der Waals surface area contributed by atoms with Crippen LogP contribution < -0.4 is 4.74 Å². The topological polar surface area (TPSA) is 52.6 Å². The van der Waals surface area contributed by atoms with Crippen LogP contribution in [0.4, 0.5) is 0 Å². The monoisotopic (exact) mass is 364 g/mol. The second kappa shape index (κ2) is 7.39. The van der Waals surface area contributed by atoms with Crippen molar-refractivity contribution >= 4 is 11.9 Å². The van der Waals surface area contributed by atoms with Crippen molar-refractivity contribution in [3.05, 3.63) is 77.9 Å². The molecular weight excluding hydrogens is 340 g/mol. The number of para-hydroxylation sites is 1. The molecule has 0 spiro atoms. The van der Waals surface area contributed by atoms with Crippen LogP contribution in [0.2, 0.25) is 0 Å². The summed E-state index contributed by atoms with van der Waals surface area (Å²) in [6, 6.07) is 17.3. The molecule has 3 rings (SSSR count). The van der Waals surface area contributed by atoms with Gasteiger partial charge in [-0.25, -0.2) is 4.79 Å². The maximum atomic E-state index is 12.9. The van der Waals surface area contributed by atoms with Crippen molar-refractivity contribution in [2.75, 3.05) is 0 Å². The summed E-state index contributed by atoms with van der Waals surface area (Å²) in [6.07, 6.45) is 3.96. The average Bonchev–Trinajstić information content (AvgIpc) is 2.86. The molecular formula is C23H24O4. The molecule has 0 fully saturated rings. The van der Waals surface area contributed by atoms with E-state index in [4.69, 9.17) is 9.47 Å². The van der Waals surface area contributed by atoms with Gasteiger partial charge >= 0.3 is 11.9 Å². The van der Waals surface area contributed by atoms with Gasteiger partial charge in [-0.1, -0.05) is 54.6 Å². The first kappa shape index (κ1) is 18.9. The normalized spacial score (nSPS) is 19.0. The first-order valence-corrected chi connectivity index (χ1v) is 9.05. The Morgan fingerprint density at radius 3 is 2.44 bits per heavy atom. The van der Waals surface area contributed by atoms with Gasteiger partial charge in [-0.05, 0) is 45.2 Å². The van der Waals surface area contributed by atoms with Crippen LogP contribution in [0.15, 0.2) is 66.7 Å². The van der Waals surface area contributed by atoms with Crippen molar-refractivity contribution in [1.29, 1.82) is 0 Å². The Morgan fingerprint density at radius 1 is 1.07 bits per heavy atom. The van der Waals surface area contributed by atoms with E-state index in [-0.39, 0.29) is 5.97 Å². The van der Waals surface area contributed by atoms with E-state index in [1.165, 1.54) is 6.08 Å². The maximum Gasteiger partial charge on any atom is 0.330 e. The lowest BCUT2D eigenvalue weighted by atomic mass is 9.74. The van der Waals surface area contributed by atoms with Crippen LogP contribution in [0.1, 0.15) is 38.3 Å². The Morgan fingerprint density at radius 2 is 1.74 bits per heavy atom. The zero-order chi connectivity index (χ0) is 19.5. The predicted octanol–water partition coefficient (Wildman–Crippen LogP) is 4.37. The second-order valence-electron chi connectivity index (χ2n) is 7.77. The lowest BCUT2D eigenvalue weighted by Gasteiger charge is -2.25. The molecule has 1 aliphatic rings. The van der Waals surface area contributed by atoms with Crippen molar-refractivity contribution in [2.24, 2.45) is 0 Å². The van der Waals surface area contributed by atoms with Crippen molar-refractivity contribution < 1.29 is 19.1 Å². The highest BCUT2D eigenvalue weighted by Gasteiger charge is 2.48. The van der Waals surface area contributed by atoms with E-state index < -0.39 is 17.0 Å². The van der Waals surface area contributed by atoms with Gasteiger partial charge in [-0.15, -0.1) is 0 Å². The molecule has 0 bridgehead atoms. The largest absolute Gasteiger partial charge is 0.457 e. The molecule has 4 nitrogen and oxygen atoms in total. The van der Waals surface area contributed by atoms with Crippen LogP contribution in [0.3, 0.4) is 0 Å². The third-order valence-electron chi connectivity index (χ3n) is 4.47. The summed E-state index contributed by atoms with van der Waals surface area (Å²) in [7, 11) is 0. The van der Waals surface area contributed by atoms with Gasteiger partial charge in [0.1, 0.15) is 16.8 Å². The number of fused-ring (bicyclic) bond motifs is 1. The van der Waals surface area contributed by atoms with Crippen LogP contribution in [0.5, 0.6) is 5.75 Å². The third-order valence-corrected chi connectivity index (χ3v) is 4.47. The van der Waals surface area contributed by atoms with Crippen molar-refractivity contribution in [2.45, 2.75) is 44.6 Å². The third kappa shape index (κ3) is 4.27. The smallest absolute Gasteiger partial charge is 0.330 e. The molecule has 2 aromatic carbocycles. The maximum absolute atomic E-state index is 12.9. The number of hydrogen-bond donors (Lipinski definition) is 0. The van der Waals surface area contributed by atoms with E-state index >= 15 is 0 Å². The second-order valence-corrected chi connectivity index (χ2v) is 7.77. The lowest BCUT2D eigenvalue weighted by Crippen LogP contribution is -2.35. The number of carbonyl (C=O) groups excluding carboxylic acids is 2. The van der Waals surface area contributed by atoms with E-state index in [0.29, 0.717) is 18.6 Å². The zero-order valence-electron chi connectivity index (χ0n) is 15.9. The van der Waals surface area contributed by atoms with Gasteiger partial charge in [0.25, 0.3) is 0 Å². The van der Waals surface area contributed by atoms with Gasteiger partial charge in [-0.2, -0.15) is 0 Å². The molecule has 1 heterocycles.